The zero-order valence-electron chi connectivity index (χ0n) is 18.3. The quantitative estimate of drug-likeness (QED) is 0.311. The molecule has 1 nitrogen and oxygen atoms in total. The molecule has 0 spiro atoms. The largest absolute Gasteiger partial charge is 0.368 e. The van der Waals surface area contributed by atoms with Gasteiger partial charge in [-0.2, -0.15) is 0 Å². The van der Waals surface area contributed by atoms with Crippen molar-refractivity contribution < 1.29 is 0 Å². The highest BCUT2D eigenvalue weighted by Crippen LogP contribution is 2.25. The second-order valence-corrected chi connectivity index (χ2v) is 8.15. The highest BCUT2D eigenvalue weighted by Gasteiger charge is 2.10. The van der Waals surface area contributed by atoms with Crippen LogP contribution in [0.4, 0.5) is 0 Å². The fraction of sp³-hybridized carbons (Fsp3) is 0.133. The van der Waals surface area contributed by atoms with Crippen molar-refractivity contribution in [3.05, 3.63) is 149 Å². The van der Waals surface area contributed by atoms with Crippen LogP contribution >= 0.6 is 0 Å². The van der Waals surface area contributed by atoms with Crippen molar-refractivity contribution >= 4 is 5.57 Å². The summed E-state index contributed by atoms with van der Waals surface area (Å²) in [5, 5.41) is 0. The summed E-state index contributed by atoms with van der Waals surface area (Å²) in [6.45, 7) is 5.99. The van der Waals surface area contributed by atoms with Gasteiger partial charge in [-0.25, -0.2) is 0 Å². The van der Waals surface area contributed by atoms with Crippen molar-refractivity contribution in [2.45, 2.75) is 26.9 Å². The van der Waals surface area contributed by atoms with E-state index < -0.39 is 0 Å². The first-order valence-corrected chi connectivity index (χ1v) is 10.9. The summed E-state index contributed by atoms with van der Waals surface area (Å²) in [6.07, 6.45) is 2.32. The van der Waals surface area contributed by atoms with Gasteiger partial charge < -0.3 is 4.90 Å². The summed E-state index contributed by atoms with van der Waals surface area (Å²) < 4.78 is 0. The van der Waals surface area contributed by atoms with E-state index in [9.17, 15) is 0 Å². The normalized spacial score (nSPS) is 10.5. The molecule has 154 valence electrons. The molecular formula is C30H29N. The molecule has 0 heterocycles. The molecule has 1 heteroatoms. The molecule has 0 aromatic heterocycles. The monoisotopic (exact) mass is 403 g/mol. The highest BCUT2D eigenvalue weighted by atomic mass is 15.1. The molecule has 0 fully saturated rings. The Balaban J connectivity index is 1.74. The Morgan fingerprint density at radius 3 is 1.32 bits per heavy atom. The highest BCUT2D eigenvalue weighted by molar-refractivity contribution is 5.79. The van der Waals surface area contributed by atoms with Gasteiger partial charge >= 0.3 is 0 Å². The lowest BCUT2D eigenvalue weighted by Gasteiger charge is -2.23. The van der Waals surface area contributed by atoms with E-state index in [1.165, 1.54) is 39.0 Å². The Kier molecular flexibility index (Phi) is 6.64. The number of aryl methyl sites for hydroxylation is 2. The van der Waals surface area contributed by atoms with Gasteiger partial charge in [-0.05, 0) is 36.1 Å². The Morgan fingerprint density at radius 1 is 0.548 bits per heavy atom. The molecule has 0 N–H and O–H groups in total. The van der Waals surface area contributed by atoms with Crippen LogP contribution in [0.5, 0.6) is 0 Å². The van der Waals surface area contributed by atoms with Crippen LogP contribution in [0.25, 0.3) is 5.57 Å². The molecule has 0 aliphatic carbocycles. The average Bonchev–Trinajstić information content (AvgIpc) is 2.81. The lowest BCUT2D eigenvalue weighted by atomic mass is 9.98. The Labute approximate surface area is 186 Å². The zero-order chi connectivity index (χ0) is 21.5. The minimum atomic E-state index is 0.858. The third-order valence-electron chi connectivity index (χ3n) is 5.49. The SMILES string of the molecule is Cc1ccc(CN(C=C(c2ccccc2)c2ccccc2)Cc2ccc(C)cc2)cc1. The van der Waals surface area contributed by atoms with Crippen LogP contribution in [0, 0.1) is 13.8 Å². The predicted octanol–water partition coefficient (Wildman–Crippen LogP) is 7.40. The summed E-state index contributed by atoms with van der Waals surface area (Å²) in [5.41, 5.74) is 8.90. The first-order chi connectivity index (χ1) is 15.2. The second kappa shape index (κ2) is 9.95. The van der Waals surface area contributed by atoms with Gasteiger partial charge in [-0.3, -0.25) is 0 Å². The van der Waals surface area contributed by atoms with Crippen LogP contribution in [0.15, 0.2) is 115 Å². The number of nitrogens with zero attached hydrogens (tertiary/aromatic N) is 1. The molecule has 4 aromatic rings. The molecular weight excluding hydrogens is 374 g/mol. The minimum absolute atomic E-state index is 0.858. The van der Waals surface area contributed by atoms with Gasteiger partial charge in [0.05, 0.1) is 0 Å². The lowest BCUT2D eigenvalue weighted by molar-refractivity contribution is 0.363. The van der Waals surface area contributed by atoms with E-state index in [1.807, 2.05) is 0 Å². The fourth-order valence-corrected chi connectivity index (χ4v) is 3.74. The van der Waals surface area contributed by atoms with Crippen molar-refractivity contribution in [3.63, 3.8) is 0 Å². The van der Waals surface area contributed by atoms with E-state index in [2.05, 4.69) is 134 Å². The lowest BCUT2D eigenvalue weighted by Crippen LogP contribution is -2.17. The topological polar surface area (TPSA) is 3.24 Å². The van der Waals surface area contributed by atoms with E-state index in [-0.39, 0.29) is 0 Å². The summed E-state index contributed by atoms with van der Waals surface area (Å²) >= 11 is 0. The molecule has 0 unspecified atom stereocenters. The van der Waals surface area contributed by atoms with Gasteiger partial charge in [0.2, 0.25) is 0 Å². The van der Waals surface area contributed by atoms with Gasteiger partial charge in [0.25, 0.3) is 0 Å². The minimum Gasteiger partial charge on any atom is -0.368 e. The Bertz CT molecular complexity index is 1020. The maximum absolute atomic E-state index is 2.42. The number of hydrogen-bond donors (Lipinski definition) is 0. The van der Waals surface area contributed by atoms with Crippen LogP contribution in [0.2, 0.25) is 0 Å². The number of rotatable bonds is 7. The molecule has 31 heavy (non-hydrogen) atoms. The first kappa shape index (κ1) is 20.7. The predicted molar refractivity (Wildman–Crippen MR) is 132 cm³/mol. The van der Waals surface area contributed by atoms with Crippen molar-refractivity contribution in [1.82, 2.24) is 4.90 Å². The van der Waals surface area contributed by atoms with Gasteiger partial charge in [-0.1, -0.05) is 120 Å². The van der Waals surface area contributed by atoms with Crippen molar-refractivity contribution in [2.24, 2.45) is 0 Å². The van der Waals surface area contributed by atoms with Crippen molar-refractivity contribution in [1.29, 1.82) is 0 Å². The molecule has 0 aliphatic rings. The second-order valence-electron chi connectivity index (χ2n) is 8.15. The van der Waals surface area contributed by atoms with Crippen LogP contribution in [-0.4, -0.2) is 4.90 Å². The van der Waals surface area contributed by atoms with Crippen molar-refractivity contribution in [3.8, 4) is 0 Å². The Morgan fingerprint density at radius 2 is 0.935 bits per heavy atom. The zero-order valence-corrected chi connectivity index (χ0v) is 18.3. The molecule has 4 rings (SSSR count). The van der Waals surface area contributed by atoms with Crippen LogP contribution in [0.1, 0.15) is 33.4 Å². The molecule has 0 bridgehead atoms. The standard InChI is InChI=1S/C30H29N/c1-24-13-17-26(18-14-24)21-31(22-27-19-15-25(2)16-20-27)23-30(28-9-5-3-6-10-28)29-11-7-4-8-12-29/h3-20,23H,21-22H2,1-2H3. The van der Waals surface area contributed by atoms with Gasteiger partial charge in [-0.15, -0.1) is 0 Å². The summed E-state index contributed by atoms with van der Waals surface area (Å²) in [6, 6.07) is 39.0. The van der Waals surface area contributed by atoms with Crippen LogP contribution in [0.3, 0.4) is 0 Å². The third-order valence-corrected chi connectivity index (χ3v) is 5.49. The molecule has 0 radical (unpaired) electrons. The van der Waals surface area contributed by atoms with E-state index in [1.54, 1.807) is 0 Å². The van der Waals surface area contributed by atoms with Crippen LogP contribution < -0.4 is 0 Å². The smallest absolute Gasteiger partial charge is 0.0427 e. The van der Waals surface area contributed by atoms with Gasteiger partial charge in [0, 0.05) is 24.9 Å². The van der Waals surface area contributed by atoms with Crippen LogP contribution in [-0.2, 0) is 13.1 Å². The average molecular weight is 404 g/mol. The third kappa shape index (κ3) is 5.73. The summed E-state index contributed by atoms with van der Waals surface area (Å²) in [5.74, 6) is 0. The van der Waals surface area contributed by atoms with E-state index >= 15 is 0 Å². The van der Waals surface area contributed by atoms with Gasteiger partial charge in [0.15, 0.2) is 0 Å². The molecule has 0 aliphatic heterocycles. The van der Waals surface area contributed by atoms with E-state index in [0.29, 0.717) is 0 Å². The maximum atomic E-state index is 2.42. The Hall–Kier alpha value is -3.58. The molecule has 0 amide bonds. The number of benzene rings is 4. The molecule has 0 saturated heterocycles. The maximum Gasteiger partial charge on any atom is 0.0427 e. The number of hydrogen-bond acceptors (Lipinski definition) is 1. The first-order valence-electron chi connectivity index (χ1n) is 10.9. The summed E-state index contributed by atoms with van der Waals surface area (Å²) in [4.78, 5) is 2.42. The molecule has 4 aromatic carbocycles. The van der Waals surface area contributed by atoms with E-state index in [4.69, 9.17) is 0 Å². The molecule has 0 saturated carbocycles. The van der Waals surface area contributed by atoms with E-state index in [0.717, 1.165) is 13.1 Å². The summed E-state index contributed by atoms with van der Waals surface area (Å²) in [7, 11) is 0. The van der Waals surface area contributed by atoms with Crippen molar-refractivity contribution in [2.75, 3.05) is 0 Å². The molecule has 0 atom stereocenters. The fourth-order valence-electron chi connectivity index (χ4n) is 3.74. The van der Waals surface area contributed by atoms with Gasteiger partial charge in [0.1, 0.15) is 0 Å².